The minimum absolute atomic E-state index is 0.0542. The minimum atomic E-state index is -0.323. The lowest BCUT2D eigenvalue weighted by Gasteiger charge is -2.32. The molecule has 7 nitrogen and oxygen atoms in total. The third-order valence-electron chi connectivity index (χ3n) is 6.79. The summed E-state index contributed by atoms with van der Waals surface area (Å²) in [4.78, 5) is 31.4. The maximum absolute atomic E-state index is 13.5. The summed E-state index contributed by atoms with van der Waals surface area (Å²) < 4.78 is 15.3. The minimum Gasteiger partial charge on any atom is -0.357 e. The molecule has 2 amide bonds. The SMILES string of the molecule is CC.CC(C)c1cccc(NC(=O)c2nn(Cc3ccc(F)cc3)c3c2CN(C(=O)c2ccc[nH]2)CC3C)c1. The highest BCUT2D eigenvalue weighted by atomic mass is 19.1. The largest absolute Gasteiger partial charge is 0.357 e. The van der Waals surface area contributed by atoms with Crippen molar-refractivity contribution in [2.75, 3.05) is 11.9 Å². The molecule has 0 saturated carbocycles. The Kier molecular flexibility index (Phi) is 8.64. The average Bonchev–Trinajstić information content (AvgIpc) is 3.60. The normalized spacial score (nSPS) is 14.4. The van der Waals surface area contributed by atoms with E-state index in [0.717, 1.165) is 22.4 Å². The monoisotopic (exact) mass is 529 g/mol. The summed E-state index contributed by atoms with van der Waals surface area (Å²) in [5.41, 5.74) is 5.15. The van der Waals surface area contributed by atoms with Crippen molar-refractivity contribution >= 4 is 17.5 Å². The van der Waals surface area contributed by atoms with Crippen molar-refractivity contribution in [3.63, 3.8) is 0 Å². The van der Waals surface area contributed by atoms with E-state index in [2.05, 4.69) is 24.1 Å². The van der Waals surface area contributed by atoms with E-state index in [9.17, 15) is 14.0 Å². The Bertz CT molecular complexity index is 1420. The number of nitrogens with one attached hydrogen (secondary N) is 2. The second-order valence-corrected chi connectivity index (χ2v) is 9.90. The fraction of sp³-hybridized carbons (Fsp3) is 0.323. The molecule has 0 bridgehead atoms. The van der Waals surface area contributed by atoms with Gasteiger partial charge < -0.3 is 15.2 Å². The first kappa shape index (κ1) is 27.8. The molecule has 4 aromatic rings. The summed E-state index contributed by atoms with van der Waals surface area (Å²) in [6, 6.07) is 17.6. The molecule has 5 rings (SSSR count). The summed E-state index contributed by atoms with van der Waals surface area (Å²) in [5, 5.41) is 7.74. The fourth-order valence-corrected chi connectivity index (χ4v) is 4.91. The van der Waals surface area contributed by atoms with Crippen molar-refractivity contribution < 1.29 is 14.0 Å². The van der Waals surface area contributed by atoms with Crippen LogP contribution in [0.2, 0.25) is 0 Å². The van der Waals surface area contributed by atoms with Gasteiger partial charge in [-0.25, -0.2) is 4.39 Å². The quantitative estimate of drug-likeness (QED) is 0.297. The molecule has 0 spiro atoms. The third-order valence-corrected chi connectivity index (χ3v) is 6.79. The average molecular weight is 530 g/mol. The van der Waals surface area contributed by atoms with Gasteiger partial charge in [-0.05, 0) is 53.4 Å². The van der Waals surface area contributed by atoms with E-state index in [1.54, 1.807) is 35.4 Å². The van der Waals surface area contributed by atoms with E-state index in [1.165, 1.54) is 12.1 Å². The number of anilines is 1. The summed E-state index contributed by atoms with van der Waals surface area (Å²) in [6.07, 6.45) is 1.72. The summed E-state index contributed by atoms with van der Waals surface area (Å²) in [6.45, 7) is 11.4. The van der Waals surface area contributed by atoms with Crippen molar-refractivity contribution in [1.82, 2.24) is 19.7 Å². The molecule has 2 N–H and O–H groups in total. The molecule has 0 aliphatic carbocycles. The zero-order valence-electron chi connectivity index (χ0n) is 23.2. The van der Waals surface area contributed by atoms with Crippen LogP contribution < -0.4 is 5.32 Å². The van der Waals surface area contributed by atoms with Gasteiger partial charge in [-0.3, -0.25) is 14.3 Å². The van der Waals surface area contributed by atoms with Crippen LogP contribution in [-0.2, 0) is 13.1 Å². The number of carbonyl (C=O) groups is 2. The highest BCUT2D eigenvalue weighted by Crippen LogP contribution is 2.32. The van der Waals surface area contributed by atoms with E-state index in [4.69, 9.17) is 5.10 Å². The molecule has 2 aromatic heterocycles. The zero-order chi connectivity index (χ0) is 28.1. The Balaban J connectivity index is 0.00000172. The van der Waals surface area contributed by atoms with Crippen LogP contribution in [0.5, 0.6) is 0 Å². The molecule has 8 heteroatoms. The highest BCUT2D eigenvalue weighted by Gasteiger charge is 2.34. The number of hydrogen-bond donors (Lipinski definition) is 2. The Hall–Kier alpha value is -4.20. The van der Waals surface area contributed by atoms with Crippen molar-refractivity contribution in [3.05, 3.63) is 106 Å². The molecule has 0 radical (unpaired) electrons. The zero-order valence-corrected chi connectivity index (χ0v) is 23.2. The van der Waals surface area contributed by atoms with Crippen LogP contribution in [0.25, 0.3) is 0 Å². The van der Waals surface area contributed by atoms with Gasteiger partial charge in [-0.15, -0.1) is 0 Å². The van der Waals surface area contributed by atoms with Crippen molar-refractivity contribution in [3.8, 4) is 0 Å². The topological polar surface area (TPSA) is 83.0 Å². The molecule has 1 aliphatic heterocycles. The van der Waals surface area contributed by atoms with Gasteiger partial charge in [0.1, 0.15) is 11.5 Å². The highest BCUT2D eigenvalue weighted by molar-refractivity contribution is 6.04. The predicted molar refractivity (Wildman–Crippen MR) is 152 cm³/mol. The van der Waals surface area contributed by atoms with E-state index in [0.29, 0.717) is 36.1 Å². The number of benzene rings is 2. The maximum atomic E-state index is 13.5. The van der Waals surface area contributed by atoms with Crippen LogP contribution in [-0.4, -0.2) is 38.0 Å². The number of halogens is 1. The number of amides is 2. The molecular formula is C31H36FN5O2. The smallest absolute Gasteiger partial charge is 0.276 e. The van der Waals surface area contributed by atoms with E-state index in [-0.39, 0.29) is 30.1 Å². The van der Waals surface area contributed by atoms with E-state index >= 15 is 0 Å². The number of fused-ring (bicyclic) bond motifs is 1. The number of carbonyl (C=O) groups excluding carboxylic acids is 2. The van der Waals surface area contributed by atoms with Gasteiger partial charge in [0.15, 0.2) is 5.69 Å². The van der Waals surface area contributed by atoms with Crippen LogP contribution in [0.4, 0.5) is 10.1 Å². The van der Waals surface area contributed by atoms with Gasteiger partial charge in [0.05, 0.1) is 13.1 Å². The number of rotatable bonds is 6. The van der Waals surface area contributed by atoms with Gasteiger partial charge in [-0.2, -0.15) is 5.10 Å². The van der Waals surface area contributed by atoms with Crippen molar-refractivity contribution in [2.45, 2.75) is 59.5 Å². The first-order valence-corrected chi connectivity index (χ1v) is 13.5. The molecule has 1 atom stereocenters. The molecule has 204 valence electrons. The summed E-state index contributed by atoms with van der Waals surface area (Å²) >= 11 is 0. The van der Waals surface area contributed by atoms with Gasteiger partial charge in [-0.1, -0.05) is 58.9 Å². The number of hydrogen-bond acceptors (Lipinski definition) is 3. The number of H-pyrrole nitrogens is 1. The maximum Gasteiger partial charge on any atom is 0.276 e. The lowest BCUT2D eigenvalue weighted by molar-refractivity contribution is 0.0711. The Morgan fingerprint density at radius 2 is 1.85 bits per heavy atom. The Labute approximate surface area is 229 Å². The van der Waals surface area contributed by atoms with Crippen molar-refractivity contribution in [1.29, 1.82) is 0 Å². The lowest BCUT2D eigenvalue weighted by Crippen LogP contribution is -2.38. The van der Waals surface area contributed by atoms with E-state index < -0.39 is 0 Å². The van der Waals surface area contributed by atoms with Crippen LogP contribution in [0.15, 0.2) is 66.9 Å². The molecule has 1 unspecified atom stereocenters. The van der Waals surface area contributed by atoms with Crippen LogP contribution in [0.3, 0.4) is 0 Å². The molecular weight excluding hydrogens is 493 g/mol. The predicted octanol–water partition coefficient (Wildman–Crippen LogP) is 6.56. The molecule has 3 heterocycles. The van der Waals surface area contributed by atoms with Crippen LogP contribution in [0, 0.1) is 5.82 Å². The van der Waals surface area contributed by atoms with Crippen LogP contribution >= 0.6 is 0 Å². The molecule has 39 heavy (non-hydrogen) atoms. The van der Waals surface area contributed by atoms with Crippen molar-refractivity contribution in [2.24, 2.45) is 0 Å². The number of nitrogens with zero attached hydrogens (tertiary/aromatic N) is 3. The fourth-order valence-electron chi connectivity index (χ4n) is 4.91. The summed E-state index contributed by atoms with van der Waals surface area (Å²) in [5.74, 6) is -0.475. The Morgan fingerprint density at radius 1 is 1.10 bits per heavy atom. The third kappa shape index (κ3) is 6.11. The van der Waals surface area contributed by atoms with Gasteiger partial charge >= 0.3 is 0 Å². The second-order valence-electron chi connectivity index (χ2n) is 9.90. The second kappa shape index (κ2) is 12.1. The lowest BCUT2D eigenvalue weighted by atomic mass is 9.95. The van der Waals surface area contributed by atoms with Gasteiger partial charge in [0, 0.05) is 35.6 Å². The Morgan fingerprint density at radius 3 is 2.51 bits per heavy atom. The number of aromatic amines is 1. The molecule has 1 aliphatic rings. The molecule has 0 saturated heterocycles. The summed E-state index contributed by atoms with van der Waals surface area (Å²) in [7, 11) is 0. The molecule has 0 fully saturated rings. The van der Waals surface area contributed by atoms with Gasteiger partial charge in [0.25, 0.3) is 11.8 Å². The molecule has 2 aromatic carbocycles. The first-order valence-electron chi connectivity index (χ1n) is 13.5. The van der Waals surface area contributed by atoms with E-state index in [1.807, 2.05) is 49.7 Å². The van der Waals surface area contributed by atoms with Crippen LogP contribution in [0.1, 0.15) is 89.8 Å². The first-order chi connectivity index (χ1) is 18.8. The standard InChI is InChI=1S/C29H30FN5O2.C2H6/c1-18(2)21-6-4-7-23(14-21)32-28(36)26-24-17-34(29(37)25-8-5-13-31-25)15-19(3)27(24)35(33-26)16-20-9-11-22(30)12-10-20;1-2/h4-14,18-19,31H,15-17H2,1-3H3,(H,32,36);1-2H3. The number of aromatic nitrogens is 3. The van der Waals surface area contributed by atoms with Gasteiger partial charge in [0.2, 0.25) is 0 Å².